The Morgan fingerprint density at radius 1 is 1.27 bits per heavy atom. The Bertz CT molecular complexity index is 682. The van der Waals surface area contributed by atoms with E-state index in [2.05, 4.69) is 22.3 Å². The molecule has 1 amide bonds. The number of amides is 1. The SMILES string of the molecule is O=C(c1ccc(=O)[nH]n1)N1CC[C@H](CSc2ccccc2)C1. The van der Waals surface area contributed by atoms with Crippen LogP contribution in [0.4, 0.5) is 0 Å². The molecule has 114 valence electrons. The standard InChI is InChI=1S/C16H17N3O2S/c20-15-7-6-14(17-18-15)16(21)19-9-8-12(10-19)11-22-13-4-2-1-3-5-13/h1-7,12H,8-11H2,(H,18,20)/t12-/m0/s1. The number of carbonyl (C=O) groups excluding carboxylic acids is 1. The van der Waals surface area contributed by atoms with Crippen molar-refractivity contribution in [3.63, 3.8) is 0 Å². The molecule has 2 aromatic rings. The molecule has 1 aliphatic heterocycles. The van der Waals surface area contributed by atoms with Crippen molar-refractivity contribution < 1.29 is 4.79 Å². The van der Waals surface area contributed by atoms with Crippen molar-refractivity contribution >= 4 is 17.7 Å². The van der Waals surface area contributed by atoms with E-state index >= 15 is 0 Å². The van der Waals surface area contributed by atoms with Crippen LogP contribution in [0.1, 0.15) is 16.9 Å². The van der Waals surface area contributed by atoms with Crippen molar-refractivity contribution in [1.29, 1.82) is 0 Å². The van der Waals surface area contributed by atoms with E-state index in [1.165, 1.54) is 17.0 Å². The first-order chi connectivity index (χ1) is 10.7. The number of thioether (sulfide) groups is 1. The summed E-state index contributed by atoms with van der Waals surface area (Å²) < 4.78 is 0. The van der Waals surface area contributed by atoms with Gasteiger partial charge in [-0.1, -0.05) is 18.2 Å². The van der Waals surface area contributed by atoms with Crippen LogP contribution in [0.5, 0.6) is 0 Å². The van der Waals surface area contributed by atoms with Gasteiger partial charge >= 0.3 is 0 Å². The second kappa shape index (κ2) is 6.79. The van der Waals surface area contributed by atoms with Gasteiger partial charge in [-0.2, -0.15) is 5.10 Å². The molecule has 1 fully saturated rings. The summed E-state index contributed by atoms with van der Waals surface area (Å²) in [6, 6.07) is 13.1. The number of nitrogens with one attached hydrogen (secondary N) is 1. The second-order valence-electron chi connectivity index (χ2n) is 5.34. The zero-order valence-electron chi connectivity index (χ0n) is 12.1. The molecule has 0 saturated carbocycles. The summed E-state index contributed by atoms with van der Waals surface area (Å²) >= 11 is 1.83. The molecule has 0 bridgehead atoms. The van der Waals surface area contributed by atoms with Crippen LogP contribution in [0.25, 0.3) is 0 Å². The van der Waals surface area contributed by atoms with Crippen LogP contribution in [0.3, 0.4) is 0 Å². The number of hydrogen-bond acceptors (Lipinski definition) is 4. The third-order valence-corrected chi connectivity index (χ3v) is 4.94. The van der Waals surface area contributed by atoms with Gasteiger partial charge in [-0.15, -0.1) is 11.8 Å². The van der Waals surface area contributed by atoms with Crippen molar-refractivity contribution in [2.24, 2.45) is 5.92 Å². The number of carbonyl (C=O) groups is 1. The summed E-state index contributed by atoms with van der Waals surface area (Å²) in [4.78, 5) is 26.4. The minimum absolute atomic E-state index is 0.108. The van der Waals surface area contributed by atoms with Gasteiger partial charge in [-0.05, 0) is 30.5 Å². The van der Waals surface area contributed by atoms with Gasteiger partial charge in [0.25, 0.3) is 11.5 Å². The predicted molar refractivity (Wildman–Crippen MR) is 86.0 cm³/mol. The molecule has 0 radical (unpaired) electrons. The number of benzene rings is 1. The molecule has 1 N–H and O–H groups in total. The molecular formula is C16H17N3O2S. The Morgan fingerprint density at radius 2 is 2.09 bits per heavy atom. The van der Waals surface area contributed by atoms with E-state index in [1.807, 2.05) is 34.9 Å². The van der Waals surface area contributed by atoms with Gasteiger partial charge in [0, 0.05) is 29.8 Å². The first-order valence-electron chi connectivity index (χ1n) is 7.25. The molecule has 0 aliphatic carbocycles. The van der Waals surface area contributed by atoms with Crippen LogP contribution in [0, 0.1) is 5.92 Å². The fraction of sp³-hybridized carbons (Fsp3) is 0.312. The Balaban J connectivity index is 1.54. The normalized spacial score (nSPS) is 17.6. The quantitative estimate of drug-likeness (QED) is 0.877. The summed E-state index contributed by atoms with van der Waals surface area (Å²) in [6.45, 7) is 1.50. The predicted octanol–water partition coefficient (Wildman–Crippen LogP) is 2.02. The summed E-state index contributed by atoms with van der Waals surface area (Å²) in [5.74, 6) is 1.40. The number of aromatic amines is 1. The maximum Gasteiger partial charge on any atom is 0.274 e. The highest BCUT2D eigenvalue weighted by Crippen LogP contribution is 2.26. The smallest absolute Gasteiger partial charge is 0.274 e. The molecule has 1 atom stereocenters. The van der Waals surface area contributed by atoms with Crippen molar-refractivity contribution in [1.82, 2.24) is 15.1 Å². The van der Waals surface area contributed by atoms with Crippen molar-refractivity contribution in [2.45, 2.75) is 11.3 Å². The second-order valence-corrected chi connectivity index (χ2v) is 6.43. The molecule has 1 aliphatic rings. The van der Waals surface area contributed by atoms with Gasteiger partial charge in [0.05, 0.1) is 0 Å². The molecule has 1 aromatic heterocycles. The van der Waals surface area contributed by atoms with Crippen molar-refractivity contribution in [2.75, 3.05) is 18.8 Å². The minimum atomic E-state index is -0.296. The summed E-state index contributed by atoms with van der Waals surface area (Å²) in [5, 5.41) is 6.11. The lowest BCUT2D eigenvalue weighted by Gasteiger charge is -2.15. The number of aromatic nitrogens is 2. The number of hydrogen-bond donors (Lipinski definition) is 1. The summed E-state index contributed by atoms with van der Waals surface area (Å²) in [6.07, 6.45) is 1.01. The zero-order chi connectivity index (χ0) is 15.4. The molecule has 1 aromatic carbocycles. The molecule has 22 heavy (non-hydrogen) atoms. The lowest BCUT2D eigenvalue weighted by Crippen LogP contribution is -2.30. The molecule has 0 spiro atoms. The fourth-order valence-electron chi connectivity index (χ4n) is 2.51. The molecule has 6 heteroatoms. The highest BCUT2D eigenvalue weighted by atomic mass is 32.2. The fourth-order valence-corrected chi connectivity index (χ4v) is 3.56. The lowest BCUT2D eigenvalue weighted by molar-refractivity contribution is 0.0781. The molecular weight excluding hydrogens is 298 g/mol. The van der Waals surface area contributed by atoms with Crippen LogP contribution >= 0.6 is 11.8 Å². The molecule has 0 unspecified atom stereocenters. The van der Waals surface area contributed by atoms with Crippen molar-refractivity contribution in [3.8, 4) is 0 Å². The minimum Gasteiger partial charge on any atom is -0.337 e. The Hall–Kier alpha value is -2.08. The van der Waals surface area contributed by atoms with Gasteiger partial charge in [0.2, 0.25) is 0 Å². The molecule has 3 rings (SSSR count). The van der Waals surface area contributed by atoms with Gasteiger partial charge < -0.3 is 4.90 Å². The average molecular weight is 315 g/mol. The Kier molecular flexibility index (Phi) is 4.58. The lowest BCUT2D eigenvalue weighted by atomic mass is 10.2. The number of nitrogens with zero attached hydrogens (tertiary/aromatic N) is 2. The maximum atomic E-state index is 12.3. The van der Waals surface area contributed by atoms with E-state index in [0.29, 0.717) is 11.6 Å². The van der Waals surface area contributed by atoms with Gasteiger partial charge in [-0.3, -0.25) is 9.59 Å². The first-order valence-corrected chi connectivity index (χ1v) is 8.24. The van der Waals surface area contributed by atoms with Crippen LogP contribution in [-0.2, 0) is 0 Å². The number of rotatable bonds is 4. The third-order valence-electron chi connectivity index (χ3n) is 3.70. The Morgan fingerprint density at radius 3 is 2.82 bits per heavy atom. The summed E-state index contributed by atoms with van der Waals surface area (Å²) in [5.41, 5.74) is 0.00562. The maximum absolute atomic E-state index is 12.3. The van der Waals surface area contributed by atoms with E-state index in [4.69, 9.17) is 0 Å². The summed E-state index contributed by atoms with van der Waals surface area (Å²) in [7, 11) is 0. The van der Waals surface area contributed by atoms with E-state index in [1.54, 1.807) is 0 Å². The third kappa shape index (κ3) is 3.57. The molecule has 2 heterocycles. The average Bonchev–Trinajstić information content (AvgIpc) is 3.03. The van der Waals surface area contributed by atoms with E-state index in [-0.39, 0.29) is 11.5 Å². The highest BCUT2D eigenvalue weighted by molar-refractivity contribution is 7.99. The Labute approximate surface area is 132 Å². The topological polar surface area (TPSA) is 66.1 Å². The number of likely N-dealkylation sites (tertiary alicyclic amines) is 1. The molecule has 1 saturated heterocycles. The van der Waals surface area contributed by atoms with E-state index < -0.39 is 0 Å². The van der Waals surface area contributed by atoms with Gasteiger partial charge in [0.1, 0.15) is 5.69 Å². The van der Waals surface area contributed by atoms with Crippen LogP contribution < -0.4 is 5.56 Å². The monoisotopic (exact) mass is 315 g/mol. The van der Waals surface area contributed by atoms with Crippen LogP contribution in [0.15, 0.2) is 52.2 Å². The first kappa shape index (κ1) is 14.8. The van der Waals surface area contributed by atoms with E-state index in [0.717, 1.165) is 25.3 Å². The van der Waals surface area contributed by atoms with Crippen LogP contribution in [0.2, 0.25) is 0 Å². The van der Waals surface area contributed by atoms with E-state index in [9.17, 15) is 9.59 Å². The van der Waals surface area contributed by atoms with Crippen molar-refractivity contribution in [3.05, 3.63) is 58.5 Å². The highest BCUT2D eigenvalue weighted by Gasteiger charge is 2.27. The largest absolute Gasteiger partial charge is 0.337 e. The van der Waals surface area contributed by atoms with Gasteiger partial charge in [-0.25, -0.2) is 5.10 Å². The molecule has 5 nitrogen and oxygen atoms in total. The van der Waals surface area contributed by atoms with Gasteiger partial charge in [0.15, 0.2) is 0 Å². The number of H-pyrrole nitrogens is 1. The van der Waals surface area contributed by atoms with Crippen LogP contribution in [-0.4, -0.2) is 39.8 Å². The zero-order valence-corrected chi connectivity index (χ0v) is 12.9.